The SMILES string of the molecule is OCC(NCc1ccccc1C(F)(F)F)c1ccccc1. The van der Waals surface area contributed by atoms with Crippen molar-refractivity contribution in [1.29, 1.82) is 0 Å². The summed E-state index contributed by atoms with van der Waals surface area (Å²) in [6, 6.07) is 14.2. The van der Waals surface area contributed by atoms with E-state index in [1.807, 2.05) is 30.3 Å². The Kier molecular flexibility index (Phi) is 4.98. The number of alkyl halides is 3. The first kappa shape index (κ1) is 15.5. The molecule has 2 aromatic carbocycles. The van der Waals surface area contributed by atoms with E-state index in [1.54, 1.807) is 6.07 Å². The van der Waals surface area contributed by atoms with Gasteiger partial charge in [-0.1, -0.05) is 48.5 Å². The van der Waals surface area contributed by atoms with Gasteiger partial charge in [-0.25, -0.2) is 0 Å². The number of benzene rings is 2. The Labute approximate surface area is 121 Å². The molecule has 0 amide bonds. The number of rotatable bonds is 5. The van der Waals surface area contributed by atoms with Crippen molar-refractivity contribution < 1.29 is 18.3 Å². The lowest BCUT2D eigenvalue weighted by Crippen LogP contribution is -2.25. The normalized spacial score (nSPS) is 13.1. The third-order valence-corrected chi connectivity index (χ3v) is 3.25. The fourth-order valence-corrected chi connectivity index (χ4v) is 2.16. The van der Waals surface area contributed by atoms with Crippen LogP contribution in [0.3, 0.4) is 0 Å². The number of hydrogen-bond acceptors (Lipinski definition) is 2. The van der Waals surface area contributed by atoms with Gasteiger partial charge < -0.3 is 10.4 Å². The van der Waals surface area contributed by atoms with E-state index in [0.29, 0.717) is 0 Å². The summed E-state index contributed by atoms with van der Waals surface area (Å²) in [6.07, 6.45) is -4.38. The summed E-state index contributed by atoms with van der Waals surface area (Å²) >= 11 is 0. The van der Waals surface area contributed by atoms with Gasteiger partial charge in [0, 0.05) is 6.54 Å². The van der Waals surface area contributed by atoms with Crippen LogP contribution in [-0.2, 0) is 12.7 Å². The summed E-state index contributed by atoms with van der Waals surface area (Å²) in [5.41, 5.74) is 0.353. The highest BCUT2D eigenvalue weighted by Gasteiger charge is 2.32. The Morgan fingerprint density at radius 2 is 1.57 bits per heavy atom. The number of halogens is 3. The summed E-state index contributed by atoms with van der Waals surface area (Å²) < 4.78 is 38.7. The summed E-state index contributed by atoms with van der Waals surface area (Å²) in [5.74, 6) is 0. The molecule has 2 aromatic rings. The highest BCUT2D eigenvalue weighted by Crippen LogP contribution is 2.32. The topological polar surface area (TPSA) is 32.3 Å². The van der Waals surface area contributed by atoms with Crippen LogP contribution in [0, 0.1) is 0 Å². The van der Waals surface area contributed by atoms with E-state index < -0.39 is 17.8 Å². The molecular formula is C16H16F3NO. The van der Waals surface area contributed by atoms with Crippen molar-refractivity contribution in [3.8, 4) is 0 Å². The monoisotopic (exact) mass is 295 g/mol. The lowest BCUT2D eigenvalue weighted by molar-refractivity contribution is -0.138. The van der Waals surface area contributed by atoms with Crippen LogP contribution in [-0.4, -0.2) is 11.7 Å². The molecule has 0 radical (unpaired) electrons. The molecule has 1 unspecified atom stereocenters. The van der Waals surface area contributed by atoms with Crippen molar-refractivity contribution in [2.24, 2.45) is 0 Å². The Balaban J connectivity index is 2.13. The predicted molar refractivity (Wildman–Crippen MR) is 74.6 cm³/mol. The molecule has 0 fully saturated rings. The molecule has 0 spiro atoms. The van der Waals surface area contributed by atoms with E-state index in [0.717, 1.165) is 11.6 Å². The van der Waals surface area contributed by atoms with Crippen LogP contribution >= 0.6 is 0 Å². The molecule has 0 bridgehead atoms. The van der Waals surface area contributed by atoms with Crippen LogP contribution in [0.4, 0.5) is 13.2 Å². The molecule has 2 nitrogen and oxygen atoms in total. The number of aliphatic hydroxyl groups excluding tert-OH is 1. The zero-order valence-corrected chi connectivity index (χ0v) is 11.3. The fraction of sp³-hybridized carbons (Fsp3) is 0.250. The first-order chi connectivity index (χ1) is 10.0. The Morgan fingerprint density at radius 3 is 2.19 bits per heavy atom. The molecule has 0 aromatic heterocycles. The first-order valence-corrected chi connectivity index (χ1v) is 6.56. The van der Waals surface area contributed by atoms with Gasteiger partial charge in [0.05, 0.1) is 18.2 Å². The molecule has 0 heterocycles. The zero-order valence-electron chi connectivity index (χ0n) is 11.3. The van der Waals surface area contributed by atoms with Gasteiger partial charge in [-0.3, -0.25) is 0 Å². The number of nitrogens with one attached hydrogen (secondary N) is 1. The minimum Gasteiger partial charge on any atom is -0.394 e. The Hall–Kier alpha value is -1.85. The number of aliphatic hydroxyl groups is 1. The average Bonchev–Trinajstić information content (AvgIpc) is 2.48. The predicted octanol–water partition coefficient (Wildman–Crippen LogP) is 3.53. The molecule has 0 aliphatic rings. The largest absolute Gasteiger partial charge is 0.416 e. The van der Waals surface area contributed by atoms with Crippen LogP contribution in [0.2, 0.25) is 0 Å². The van der Waals surface area contributed by atoms with Crippen molar-refractivity contribution in [3.05, 3.63) is 71.3 Å². The second kappa shape index (κ2) is 6.74. The summed E-state index contributed by atoms with van der Waals surface area (Å²) in [4.78, 5) is 0. The molecular weight excluding hydrogens is 279 g/mol. The maximum Gasteiger partial charge on any atom is 0.416 e. The zero-order chi connectivity index (χ0) is 15.3. The standard InChI is InChI=1S/C16H16F3NO/c17-16(18,19)14-9-5-4-8-13(14)10-20-15(11-21)12-6-2-1-3-7-12/h1-9,15,20-21H,10-11H2. The van der Waals surface area contributed by atoms with Crippen LogP contribution in [0.15, 0.2) is 54.6 Å². The second-order valence-electron chi connectivity index (χ2n) is 4.68. The van der Waals surface area contributed by atoms with Gasteiger partial charge in [-0.05, 0) is 17.2 Å². The number of hydrogen-bond donors (Lipinski definition) is 2. The quantitative estimate of drug-likeness (QED) is 0.884. The third-order valence-electron chi connectivity index (χ3n) is 3.25. The molecule has 112 valence electrons. The van der Waals surface area contributed by atoms with E-state index in [2.05, 4.69) is 5.32 Å². The first-order valence-electron chi connectivity index (χ1n) is 6.56. The van der Waals surface area contributed by atoms with Gasteiger partial charge in [0.2, 0.25) is 0 Å². The Morgan fingerprint density at radius 1 is 0.952 bits per heavy atom. The van der Waals surface area contributed by atoms with Crippen molar-refractivity contribution in [1.82, 2.24) is 5.32 Å². The van der Waals surface area contributed by atoms with Gasteiger partial charge in [-0.15, -0.1) is 0 Å². The van der Waals surface area contributed by atoms with Crippen LogP contribution in [0.25, 0.3) is 0 Å². The summed E-state index contributed by atoms with van der Waals surface area (Å²) in [5, 5.41) is 12.4. The molecule has 0 saturated heterocycles. The van der Waals surface area contributed by atoms with Gasteiger partial charge in [-0.2, -0.15) is 13.2 Å². The van der Waals surface area contributed by atoms with Crippen LogP contribution < -0.4 is 5.32 Å². The second-order valence-corrected chi connectivity index (χ2v) is 4.68. The molecule has 2 rings (SSSR count). The molecule has 2 N–H and O–H groups in total. The third kappa shape index (κ3) is 4.06. The highest BCUT2D eigenvalue weighted by molar-refractivity contribution is 5.30. The molecule has 21 heavy (non-hydrogen) atoms. The van der Waals surface area contributed by atoms with Crippen molar-refractivity contribution >= 4 is 0 Å². The van der Waals surface area contributed by atoms with E-state index in [-0.39, 0.29) is 18.7 Å². The van der Waals surface area contributed by atoms with Gasteiger partial charge in [0.1, 0.15) is 0 Å². The van der Waals surface area contributed by atoms with Crippen molar-refractivity contribution in [2.45, 2.75) is 18.8 Å². The molecule has 1 atom stereocenters. The van der Waals surface area contributed by atoms with Gasteiger partial charge in [0.25, 0.3) is 0 Å². The van der Waals surface area contributed by atoms with Crippen LogP contribution in [0.1, 0.15) is 22.7 Å². The van der Waals surface area contributed by atoms with Gasteiger partial charge >= 0.3 is 6.18 Å². The van der Waals surface area contributed by atoms with Crippen molar-refractivity contribution in [3.63, 3.8) is 0 Å². The fourth-order valence-electron chi connectivity index (χ4n) is 2.16. The Bertz CT molecular complexity index is 569. The maximum atomic E-state index is 12.9. The average molecular weight is 295 g/mol. The minimum absolute atomic E-state index is 0.0375. The maximum absolute atomic E-state index is 12.9. The van der Waals surface area contributed by atoms with E-state index in [1.165, 1.54) is 12.1 Å². The summed E-state index contributed by atoms with van der Waals surface area (Å²) in [6.45, 7) is -0.145. The van der Waals surface area contributed by atoms with Gasteiger partial charge in [0.15, 0.2) is 0 Å². The lowest BCUT2D eigenvalue weighted by Gasteiger charge is -2.19. The van der Waals surface area contributed by atoms with E-state index in [4.69, 9.17) is 0 Å². The highest BCUT2D eigenvalue weighted by atomic mass is 19.4. The lowest BCUT2D eigenvalue weighted by atomic mass is 10.0. The summed E-state index contributed by atoms with van der Waals surface area (Å²) in [7, 11) is 0. The smallest absolute Gasteiger partial charge is 0.394 e. The minimum atomic E-state index is -4.38. The molecule has 5 heteroatoms. The van der Waals surface area contributed by atoms with Crippen molar-refractivity contribution in [2.75, 3.05) is 6.61 Å². The molecule has 0 aliphatic carbocycles. The van der Waals surface area contributed by atoms with Crippen LogP contribution in [0.5, 0.6) is 0 Å². The molecule has 0 saturated carbocycles. The molecule has 0 aliphatic heterocycles. The van der Waals surface area contributed by atoms with E-state index in [9.17, 15) is 18.3 Å². The van der Waals surface area contributed by atoms with E-state index >= 15 is 0 Å².